The predicted molar refractivity (Wildman–Crippen MR) is 88.1 cm³/mol. The van der Waals surface area contributed by atoms with Crippen LogP contribution >= 0.6 is 0 Å². The molecule has 1 aromatic carbocycles. The van der Waals surface area contributed by atoms with E-state index >= 15 is 0 Å². The highest BCUT2D eigenvalue weighted by molar-refractivity contribution is 5.62. The summed E-state index contributed by atoms with van der Waals surface area (Å²) >= 11 is 0. The molecule has 0 saturated carbocycles. The summed E-state index contributed by atoms with van der Waals surface area (Å²) in [5.41, 5.74) is 9.16. The number of ether oxygens (including phenoxy) is 1. The molecular weight excluding hydrogens is 278 g/mol. The summed E-state index contributed by atoms with van der Waals surface area (Å²) in [5, 5.41) is 4.48. The lowest BCUT2D eigenvalue weighted by atomic mass is 10.0. The molecule has 1 aromatic heterocycles. The monoisotopic (exact) mass is 301 g/mol. The van der Waals surface area contributed by atoms with E-state index in [9.17, 15) is 4.79 Å². The number of methoxy groups -OCH3 is 1. The summed E-state index contributed by atoms with van der Waals surface area (Å²) in [6.07, 6.45) is 0.844. The third kappa shape index (κ3) is 3.20. The zero-order valence-electron chi connectivity index (χ0n) is 13.6. The van der Waals surface area contributed by atoms with E-state index in [0.29, 0.717) is 12.1 Å². The molecule has 2 N–H and O–H groups in total. The Kier molecular flexibility index (Phi) is 4.98. The van der Waals surface area contributed by atoms with Gasteiger partial charge < -0.3 is 10.5 Å². The Balaban J connectivity index is 2.59. The largest absolute Gasteiger partial charge is 0.496 e. The van der Waals surface area contributed by atoms with Crippen LogP contribution in [0.5, 0.6) is 5.75 Å². The lowest BCUT2D eigenvalue weighted by Crippen LogP contribution is -2.29. The van der Waals surface area contributed by atoms with Gasteiger partial charge in [-0.1, -0.05) is 6.92 Å². The van der Waals surface area contributed by atoms with Crippen molar-refractivity contribution in [2.24, 2.45) is 5.73 Å². The van der Waals surface area contributed by atoms with Crippen LogP contribution in [0.3, 0.4) is 0 Å². The van der Waals surface area contributed by atoms with Crippen molar-refractivity contribution in [3.63, 3.8) is 0 Å². The van der Waals surface area contributed by atoms with Crippen molar-refractivity contribution in [3.05, 3.63) is 45.7 Å². The first kappa shape index (κ1) is 16.2. The Morgan fingerprint density at radius 2 is 2.09 bits per heavy atom. The molecule has 5 heteroatoms. The van der Waals surface area contributed by atoms with Gasteiger partial charge in [0.2, 0.25) is 0 Å². The number of hydrogen-bond acceptors (Lipinski definition) is 4. The quantitative estimate of drug-likeness (QED) is 0.921. The average Bonchev–Trinajstić information content (AvgIpc) is 2.49. The van der Waals surface area contributed by atoms with Gasteiger partial charge in [-0.2, -0.15) is 5.10 Å². The maximum atomic E-state index is 12.4. The van der Waals surface area contributed by atoms with Crippen LogP contribution in [0, 0.1) is 6.92 Å². The number of aromatic nitrogens is 2. The second kappa shape index (κ2) is 6.75. The first-order valence-corrected chi connectivity index (χ1v) is 7.50. The van der Waals surface area contributed by atoms with Crippen LogP contribution in [0.4, 0.5) is 0 Å². The lowest BCUT2D eigenvalue weighted by molar-refractivity contribution is 0.412. The van der Waals surface area contributed by atoms with Crippen LogP contribution in [0.1, 0.15) is 37.4 Å². The van der Waals surface area contributed by atoms with E-state index < -0.39 is 0 Å². The van der Waals surface area contributed by atoms with Crippen molar-refractivity contribution in [3.8, 4) is 17.0 Å². The van der Waals surface area contributed by atoms with Crippen molar-refractivity contribution in [2.45, 2.75) is 39.8 Å². The molecule has 118 valence electrons. The fourth-order valence-electron chi connectivity index (χ4n) is 2.43. The van der Waals surface area contributed by atoms with Gasteiger partial charge in [-0.3, -0.25) is 4.79 Å². The summed E-state index contributed by atoms with van der Waals surface area (Å²) in [6.45, 7) is 6.40. The number of rotatable bonds is 5. The van der Waals surface area contributed by atoms with Crippen molar-refractivity contribution in [2.75, 3.05) is 7.11 Å². The van der Waals surface area contributed by atoms with Crippen LogP contribution in [-0.2, 0) is 6.54 Å². The first-order chi connectivity index (χ1) is 10.5. The highest BCUT2D eigenvalue weighted by Gasteiger charge is 2.13. The van der Waals surface area contributed by atoms with Gasteiger partial charge >= 0.3 is 0 Å². The molecule has 1 heterocycles. The highest BCUT2D eigenvalue weighted by atomic mass is 16.5. The summed E-state index contributed by atoms with van der Waals surface area (Å²) < 4.78 is 6.79. The van der Waals surface area contributed by atoms with Gasteiger partial charge in [0.1, 0.15) is 5.75 Å². The Morgan fingerprint density at radius 3 is 2.64 bits per heavy atom. The second-order valence-electron chi connectivity index (χ2n) is 5.49. The third-order valence-electron chi connectivity index (χ3n) is 3.62. The molecule has 0 spiro atoms. The Labute approximate surface area is 130 Å². The molecule has 5 nitrogen and oxygen atoms in total. The Hall–Kier alpha value is -2.14. The van der Waals surface area contributed by atoms with Crippen LogP contribution in [0.25, 0.3) is 11.3 Å². The average molecular weight is 301 g/mol. The van der Waals surface area contributed by atoms with E-state index in [1.165, 1.54) is 4.68 Å². The van der Waals surface area contributed by atoms with Crippen molar-refractivity contribution >= 4 is 0 Å². The number of nitrogens with two attached hydrogens (primary N) is 1. The van der Waals surface area contributed by atoms with E-state index in [0.717, 1.165) is 29.0 Å². The van der Waals surface area contributed by atoms with Crippen LogP contribution in [0.2, 0.25) is 0 Å². The Bertz CT molecular complexity index is 720. The molecule has 0 saturated heterocycles. The topological polar surface area (TPSA) is 70.1 Å². The fraction of sp³-hybridized carbons (Fsp3) is 0.412. The zero-order valence-corrected chi connectivity index (χ0v) is 13.6. The molecule has 0 aliphatic heterocycles. The molecular formula is C17H23N3O2. The standard InChI is InChI=1S/C17H23N3O2/c1-5-8-20-17(21)14(12(3)18)10-15(19-20)13-6-7-16(22-4)11(2)9-13/h6-7,9-10,12H,5,8,18H2,1-4H3. The van der Waals surface area contributed by atoms with E-state index in [4.69, 9.17) is 10.5 Å². The minimum Gasteiger partial charge on any atom is -0.496 e. The summed E-state index contributed by atoms with van der Waals surface area (Å²) in [7, 11) is 1.65. The van der Waals surface area contributed by atoms with Gasteiger partial charge in [-0.25, -0.2) is 4.68 Å². The highest BCUT2D eigenvalue weighted by Crippen LogP contribution is 2.25. The molecule has 1 atom stereocenters. The van der Waals surface area contributed by atoms with E-state index in [1.54, 1.807) is 13.2 Å². The number of nitrogens with zero attached hydrogens (tertiary/aromatic N) is 2. The smallest absolute Gasteiger partial charge is 0.271 e. The molecule has 0 aliphatic rings. The van der Waals surface area contributed by atoms with Gasteiger partial charge in [0.25, 0.3) is 5.56 Å². The molecule has 0 aliphatic carbocycles. The van der Waals surface area contributed by atoms with Gasteiger partial charge in [0.15, 0.2) is 0 Å². The number of hydrogen-bond donors (Lipinski definition) is 1. The predicted octanol–water partition coefficient (Wildman–Crippen LogP) is 2.66. The molecule has 0 fully saturated rings. The molecule has 1 unspecified atom stereocenters. The Morgan fingerprint density at radius 1 is 1.36 bits per heavy atom. The van der Waals surface area contributed by atoms with Gasteiger partial charge in [0.05, 0.1) is 12.8 Å². The maximum Gasteiger partial charge on any atom is 0.271 e. The van der Waals surface area contributed by atoms with Crippen LogP contribution < -0.4 is 16.0 Å². The summed E-state index contributed by atoms with van der Waals surface area (Å²) in [6, 6.07) is 7.33. The third-order valence-corrected chi connectivity index (χ3v) is 3.62. The van der Waals surface area contributed by atoms with Gasteiger partial charge in [0, 0.05) is 23.7 Å². The van der Waals surface area contributed by atoms with Gasteiger partial charge in [-0.05, 0) is 50.1 Å². The van der Waals surface area contributed by atoms with Crippen molar-refractivity contribution in [1.82, 2.24) is 9.78 Å². The van der Waals surface area contributed by atoms with Crippen LogP contribution in [-0.4, -0.2) is 16.9 Å². The van der Waals surface area contributed by atoms with E-state index in [-0.39, 0.29) is 11.6 Å². The SMILES string of the molecule is CCCn1nc(-c2ccc(OC)c(C)c2)cc(C(C)N)c1=O. The van der Waals surface area contributed by atoms with E-state index in [1.807, 2.05) is 39.0 Å². The molecule has 2 rings (SSSR count). The fourth-order valence-corrected chi connectivity index (χ4v) is 2.43. The zero-order chi connectivity index (χ0) is 16.3. The lowest BCUT2D eigenvalue weighted by Gasteiger charge is -2.13. The molecule has 0 amide bonds. The minimum atomic E-state index is -0.322. The molecule has 0 radical (unpaired) electrons. The van der Waals surface area contributed by atoms with Gasteiger partial charge in [-0.15, -0.1) is 0 Å². The second-order valence-corrected chi connectivity index (χ2v) is 5.49. The van der Waals surface area contributed by atoms with Crippen LogP contribution in [0.15, 0.2) is 29.1 Å². The van der Waals surface area contributed by atoms with Crippen molar-refractivity contribution in [1.29, 1.82) is 0 Å². The van der Waals surface area contributed by atoms with Crippen molar-refractivity contribution < 1.29 is 4.74 Å². The normalized spacial score (nSPS) is 12.2. The summed E-state index contributed by atoms with van der Waals surface area (Å²) in [4.78, 5) is 12.4. The maximum absolute atomic E-state index is 12.4. The van der Waals surface area contributed by atoms with E-state index in [2.05, 4.69) is 5.10 Å². The molecule has 22 heavy (non-hydrogen) atoms. The molecule has 0 bridgehead atoms. The number of aryl methyl sites for hydroxylation is 2. The molecule has 2 aromatic rings. The minimum absolute atomic E-state index is 0.106. The number of benzene rings is 1. The first-order valence-electron chi connectivity index (χ1n) is 7.50. The summed E-state index contributed by atoms with van der Waals surface area (Å²) in [5.74, 6) is 0.832.